The molecule has 0 bridgehead atoms. The Morgan fingerprint density at radius 2 is 2.15 bits per heavy atom. The second kappa shape index (κ2) is 3.43. The van der Waals surface area contributed by atoms with Gasteiger partial charge in [-0.25, -0.2) is 9.78 Å². The average Bonchev–Trinajstić information content (AvgIpc) is 2.04. The van der Waals surface area contributed by atoms with Crippen LogP contribution in [0.25, 0.3) is 0 Å². The number of carboxylic acids is 1. The largest absolute Gasteiger partial charge is 0.481 e. The third-order valence-electron chi connectivity index (χ3n) is 1.87. The summed E-state index contributed by atoms with van der Waals surface area (Å²) in [5.41, 5.74) is 1.48. The molecule has 1 aromatic heterocycles. The third-order valence-corrected chi connectivity index (χ3v) is 1.87. The number of hydrogen-bond donors (Lipinski definition) is 1. The molecule has 1 N–H and O–H groups in total. The van der Waals surface area contributed by atoms with Crippen molar-refractivity contribution < 1.29 is 14.6 Å². The van der Waals surface area contributed by atoms with Crippen LogP contribution in [0.1, 0.15) is 21.5 Å². The molecular formula is C9H11NO3. The van der Waals surface area contributed by atoms with Crippen molar-refractivity contribution in [2.24, 2.45) is 0 Å². The molecule has 1 rings (SSSR count). The molecule has 0 spiro atoms. The van der Waals surface area contributed by atoms with Crippen LogP contribution >= 0.6 is 0 Å². The quantitative estimate of drug-likeness (QED) is 0.749. The smallest absolute Gasteiger partial charge is 0.336 e. The second-order valence-electron chi connectivity index (χ2n) is 2.76. The number of aromatic carboxylic acids is 1. The van der Waals surface area contributed by atoms with Gasteiger partial charge in [-0.2, -0.15) is 0 Å². The molecule has 4 nitrogen and oxygen atoms in total. The highest BCUT2D eigenvalue weighted by Crippen LogP contribution is 2.20. The van der Waals surface area contributed by atoms with Crippen LogP contribution in [0.4, 0.5) is 0 Å². The molecule has 0 fully saturated rings. The number of carbonyl (C=O) groups is 1. The lowest BCUT2D eigenvalue weighted by atomic mass is 10.1. The predicted octanol–water partition coefficient (Wildman–Crippen LogP) is 1.41. The fourth-order valence-corrected chi connectivity index (χ4v) is 1.25. The van der Waals surface area contributed by atoms with E-state index in [4.69, 9.17) is 9.84 Å². The molecule has 0 aliphatic carbocycles. The van der Waals surface area contributed by atoms with Gasteiger partial charge in [-0.3, -0.25) is 0 Å². The summed E-state index contributed by atoms with van der Waals surface area (Å²) in [5.74, 6) is -0.585. The number of ether oxygens (including phenoxy) is 1. The van der Waals surface area contributed by atoms with Gasteiger partial charge in [0, 0.05) is 11.8 Å². The maximum atomic E-state index is 10.8. The fourth-order valence-electron chi connectivity index (χ4n) is 1.25. The van der Waals surface area contributed by atoms with Gasteiger partial charge in [0.15, 0.2) is 0 Å². The van der Waals surface area contributed by atoms with E-state index in [1.165, 1.54) is 13.3 Å². The minimum Gasteiger partial charge on any atom is -0.481 e. The molecule has 0 saturated carbocycles. The van der Waals surface area contributed by atoms with Crippen molar-refractivity contribution in [3.8, 4) is 5.88 Å². The molecule has 13 heavy (non-hydrogen) atoms. The second-order valence-corrected chi connectivity index (χ2v) is 2.76. The molecule has 0 unspecified atom stereocenters. The lowest BCUT2D eigenvalue weighted by molar-refractivity contribution is 0.0694. The van der Waals surface area contributed by atoms with E-state index >= 15 is 0 Å². The first-order chi connectivity index (χ1) is 6.07. The van der Waals surface area contributed by atoms with Crippen LogP contribution in [0, 0.1) is 13.8 Å². The van der Waals surface area contributed by atoms with E-state index in [-0.39, 0.29) is 5.56 Å². The Labute approximate surface area is 76.2 Å². The number of aromatic nitrogens is 1. The average molecular weight is 181 g/mol. The monoisotopic (exact) mass is 181 g/mol. The van der Waals surface area contributed by atoms with Crippen molar-refractivity contribution in [3.05, 3.63) is 22.9 Å². The summed E-state index contributed by atoms with van der Waals surface area (Å²) in [4.78, 5) is 14.8. The molecule has 1 heterocycles. The molecular weight excluding hydrogens is 170 g/mol. The van der Waals surface area contributed by atoms with Crippen molar-refractivity contribution in [1.29, 1.82) is 0 Å². The van der Waals surface area contributed by atoms with Crippen molar-refractivity contribution in [1.82, 2.24) is 4.98 Å². The molecule has 0 radical (unpaired) electrons. The predicted molar refractivity (Wildman–Crippen MR) is 47.2 cm³/mol. The Morgan fingerprint density at radius 3 is 2.62 bits per heavy atom. The number of aryl methyl sites for hydroxylation is 1. The van der Waals surface area contributed by atoms with Gasteiger partial charge < -0.3 is 9.84 Å². The Bertz CT molecular complexity index is 347. The van der Waals surface area contributed by atoms with Gasteiger partial charge in [0.25, 0.3) is 0 Å². The fraction of sp³-hybridized carbons (Fsp3) is 0.333. The van der Waals surface area contributed by atoms with Crippen LogP contribution < -0.4 is 4.74 Å². The normalized spacial score (nSPS) is 9.77. The van der Waals surface area contributed by atoms with Gasteiger partial charge in [0.05, 0.1) is 12.7 Å². The Kier molecular flexibility index (Phi) is 2.51. The van der Waals surface area contributed by atoms with E-state index < -0.39 is 5.97 Å². The number of rotatable bonds is 2. The van der Waals surface area contributed by atoms with Gasteiger partial charge in [-0.15, -0.1) is 0 Å². The highest BCUT2D eigenvalue weighted by Gasteiger charge is 2.14. The summed E-state index contributed by atoms with van der Waals surface area (Å²) in [6, 6.07) is 0. The highest BCUT2D eigenvalue weighted by atomic mass is 16.5. The van der Waals surface area contributed by atoms with Gasteiger partial charge in [-0.05, 0) is 19.4 Å². The van der Waals surface area contributed by atoms with E-state index in [2.05, 4.69) is 4.98 Å². The van der Waals surface area contributed by atoms with E-state index in [0.29, 0.717) is 17.0 Å². The molecule has 0 aliphatic heterocycles. The molecule has 0 aromatic carbocycles. The molecule has 0 aliphatic rings. The van der Waals surface area contributed by atoms with Crippen LogP contribution in [-0.2, 0) is 0 Å². The summed E-state index contributed by atoms with van der Waals surface area (Å²) in [7, 11) is 1.47. The molecule has 70 valence electrons. The van der Waals surface area contributed by atoms with Crippen molar-refractivity contribution >= 4 is 5.97 Å². The van der Waals surface area contributed by atoms with Crippen molar-refractivity contribution in [2.75, 3.05) is 7.11 Å². The highest BCUT2D eigenvalue weighted by molar-refractivity contribution is 5.91. The third kappa shape index (κ3) is 1.61. The molecule has 0 atom stereocenters. The Hall–Kier alpha value is -1.58. The maximum absolute atomic E-state index is 10.8. The number of pyridine rings is 1. The summed E-state index contributed by atoms with van der Waals surface area (Å²) in [5, 5.41) is 8.88. The minimum atomic E-state index is -0.948. The van der Waals surface area contributed by atoms with Crippen molar-refractivity contribution in [2.45, 2.75) is 13.8 Å². The van der Waals surface area contributed by atoms with E-state index in [0.717, 1.165) is 0 Å². The lowest BCUT2D eigenvalue weighted by Gasteiger charge is -2.08. The summed E-state index contributed by atoms with van der Waals surface area (Å²) in [6.45, 7) is 3.39. The zero-order valence-electron chi connectivity index (χ0n) is 7.79. The van der Waals surface area contributed by atoms with Crippen LogP contribution in [0.2, 0.25) is 0 Å². The van der Waals surface area contributed by atoms with Gasteiger partial charge in [0.2, 0.25) is 5.88 Å². The summed E-state index contributed by atoms with van der Waals surface area (Å²) < 4.78 is 4.92. The minimum absolute atomic E-state index is 0.270. The van der Waals surface area contributed by atoms with Crippen LogP contribution in [0.15, 0.2) is 6.20 Å². The topological polar surface area (TPSA) is 59.4 Å². The molecule has 4 heteroatoms. The van der Waals surface area contributed by atoms with E-state index in [1.807, 2.05) is 0 Å². The van der Waals surface area contributed by atoms with Crippen LogP contribution in [0.5, 0.6) is 5.88 Å². The lowest BCUT2D eigenvalue weighted by Crippen LogP contribution is -2.05. The summed E-state index contributed by atoms with van der Waals surface area (Å²) in [6.07, 6.45) is 1.50. The standard InChI is InChI=1S/C9H11NO3/c1-5-4-10-8(13-3)6(2)7(5)9(11)12/h4H,1-3H3,(H,11,12). The van der Waals surface area contributed by atoms with E-state index in [9.17, 15) is 4.79 Å². The molecule has 0 saturated heterocycles. The van der Waals surface area contributed by atoms with Gasteiger partial charge >= 0.3 is 5.97 Å². The Balaban J connectivity index is 3.38. The van der Waals surface area contributed by atoms with Crippen LogP contribution in [-0.4, -0.2) is 23.2 Å². The zero-order valence-corrected chi connectivity index (χ0v) is 7.79. The maximum Gasteiger partial charge on any atom is 0.336 e. The zero-order chi connectivity index (χ0) is 10.0. The number of nitrogens with zero attached hydrogens (tertiary/aromatic N) is 1. The van der Waals surface area contributed by atoms with Crippen molar-refractivity contribution in [3.63, 3.8) is 0 Å². The Morgan fingerprint density at radius 1 is 1.54 bits per heavy atom. The van der Waals surface area contributed by atoms with E-state index in [1.54, 1.807) is 13.8 Å². The first kappa shape index (κ1) is 9.51. The molecule has 0 amide bonds. The first-order valence-corrected chi connectivity index (χ1v) is 3.81. The van der Waals surface area contributed by atoms with Crippen LogP contribution in [0.3, 0.4) is 0 Å². The number of carboxylic acid groups (broad SMARTS) is 1. The first-order valence-electron chi connectivity index (χ1n) is 3.81. The number of methoxy groups -OCH3 is 1. The van der Waals surface area contributed by atoms with Gasteiger partial charge in [-0.1, -0.05) is 0 Å². The molecule has 1 aromatic rings. The summed E-state index contributed by atoms with van der Waals surface area (Å²) >= 11 is 0. The number of hydrogen-bond acceptors (Lipinski definition) is 3. The SMILES string of the molecule is COc1ncc(C)c(C(=O)O)c1C. The van der Waals surface area contributed by atoms with Gasteiger partial charge in [0.1, 0.15) is 0 Å².